The van der Waals surface area contributed by atoms with Gasteiger partial charge >= 0.3 is 0 Å². The molecule has 1 heterocycles. The summed E-state index contributed by atoms with van der Waals surface area (Å²) in [4.78, 5) is 17.7. The minimum Gasteiger partial charge on any atom is -0.383 e. The average Bonchev–Trinajstić information content (AvgIpc) is 3.03. The van der Waals surface area contributed by atoms with E-state index in [1.807, 2.05) is 0 Å². The fourth-order valence-corrected chi connectivity index (χ4v) is 3.86. The first-order chi connectivity index (χ1) is 9.54. The number of nitrogens with two attached hydrogens (primary N) is 1. The number of amides is 1. The molecule has 0 aromatic carbocycles. The first-order valence-corrected chi connectivity index (χ1v) is 7.21. The van der Waals surface area contributed by atoms with Crippen molar-refractivity contribution in [2.24, 2.45) is 17.8 Å². The van der Waals surface area contributed by atoms with Crippen molar-refractivity contribution in [3.8, 4) is 0 Å². The van der Waals surface area contributed by atoms with Gasteiger partial charge in [0.15, 0.2) is 0 Å². The number of anilines is 1. The lowest BCUT2D eigenvalue weighted by molar-refractivity contribution is 0.0754. The van der Waals surface area contributed by atoms with E-state index >= 15 is 0 Å². The zero-order valence-corrected chi connectivity index (χ0v) is 11.7. The second-order valence-electron chi connectivity index (χ2n) is 6.21. The van der Waals surface area contributed by atoms with E-state index in [1.165, 1.54) is 31.7 Å². The first-order valence-electron chi connectivity index (χ1n) is 7.21. The van der Waals surface area contributed by atoms with Crippen LogP contribution in [0.2, 0.25) is 0 Å². The Kier molecular flexibility index (Phi) is 3.36. The number of hydrogen-bond donors (Lipinski definition) is 1. The molecule has 3 rings (SSSR count). The fraction of sp³-hybridized carbons (Fsp3) is 0.600. The molecule has 0 spiro atoms. The number of carbonyl (C=O) groups excluding carboxylic acids is 1. The van der Waals surface area contributed by atoms with Crippen LogP contribution in [-0.4, -0.2) is 29.4 Å². The largest absolute Gasteiger partial charge is 0.383 e. The Balaban J connectivity index is 1.69. The number of hydrogen-bond acceptors (Lipinski definition) is 3. The summed E-state index contributed by atoms with van der Waals surface area (Å²) in [5.41, 5.74) is 5.83. The zero-order chi connectivity index (χ0) is 14.3. The van der Waals surface area contributed by atoms with Gasteiger partial charge in [-0.2, -0.15) is 0 Å². The van der Waals surface area contributed by atoms with Crippen LogP contribution in [0.5, 0.6) is 0 Å². The second-order valence-corrected chi connectivity index (χ2v) is 6.21. The smallest absolute Gasteiger partial charge is 0.257 e. The molecular weight excluding hydrogens is 257 g/mol. The van der Waals surface area contributed by atoms with Gasteiger partial charge in [0, 0.05) is 13.6 Å². The molecule has 2 N–H and O–H groups in total. The Morgan fingerprint density at radius 3 is 2.95 bits per heavy atom. The third-order valence-electron chi connectivity index (χ3n) is 4.86. The number of fused-ring (bicyclic) bond motifs is 2. The van der Waals surface area contributed by atoms with Gasteiger partial charge in [-0.1, -0.05) is 6.42 Å². The second kappa shape index (κ2) is 5.04. The number of carbonyl (C=O) groups is 1. The Labute approximate surface area is 118 Å². The number of halogens is 1. The van der Waals surface area contributed by atoms with Gasteiger partial charge in [-0.25, -0.2) is 9.37 Å². The highest BCUT2D eigenvalue weighted by atomic mass is 19.1. The molecule has 1 aromatic heterocycles. The molecule has 2 aliphatic carbocycles. The minimum atomic E-state index is -0.532. The van der Waals surface area contributed by atoms with Crippen LogP contribution in [-0.2, 0) is 0 Å². The maximum absolute atomic E-state index is 13.2. The molecule has 0 radical (unpaired) electrons. The van der Waals surface area contributed by atoms with Crippen LogP contribution in [0.3, 0.4) is 0 Å². The van der Waals surface area contributed by atoms with Crippen LogP contribution >= 0.6 is 0 Å². The normalized spacial score (nSPS) is 27.8. The Morgan fingerprint density at radius 1 is 1.50 bits per heavy atom. The summed E-state index contributed by atoms with van der Waals surface area (Å²) < 4.78 is 13.2. The predicted octanol–water partition coefficient (Wildman–Crippen LogP) is 2.31. The van der Waals surface area contributed by atoms with E-state index in [1.54, 1.807) is 11.9 Å². The van der Waals surface area contributed by atoms with E-state index in [9.17, 15) is 9.18 Å². The molecule has 108 valence electrons. The van der Waals surface area contributed by atoms with E-state index < -0.39 is 5.82 Å². The van der Waals surface area contributed by atoms with E-state index in [4.69, 9.17) is 5.73 Å². The van der Waals surface area contributed by atoms with Crippen LogP contribution < -0.4 is 5.73 Å². The first kappa shape index (κ1) is 13.3. The summed E-state index contributed by atoms with van der Waals surface area (Å²) in [7, 11) is 1.76. The van der Waals surface area contributed by atoms with Crippen molar-refractivity contribution in [3.05, 3.63) is 23.6 Å². The highest BCUT2D eigenvalue weighted by molar-refractivity contribution is 5.98. The molecule has 4 nitrogen and oxygen atoms in total. The summed E-state index contributed by atoms with van der Waals surface area (Å²) in [6, 6.07) is 1.17. The molecule has 2 bridgehead atoms. The predicted molar refractivity (Wildman–Crippen MR) is 74.5 cm³/mol. The monoisotopic (exact) mass is 277 g/mol. The van der Waals surface area contributed by atoms with Crippen molar-refractivity contribution in [1.29, 1.82) is 0 Å². The molecule has 5 heteroatoms. The van der Waals surface area contributed by atoms with Gasteiger partial charge < -0.3 is 10.6 Å². The van der Waals surface area contributed by atoms with Crippen LogP contribution in [0.15, 0.2) is 12.3 Å². The van der Waals surface area contributed by atoms with Crippen LogP contribution in [0.25, 0.3) is 0 Å². The van der Waals surface area contributed by atoms with Gasteiger partial charge in [-0.3, -0.25) is 4.79 Å². The van der Waals surface area contributed by atoms with Gasteiger partial charge in [0.2, 0.25) is 0 Å². The van der Waals surface area contributed by atoms with E-state index in [0.29, 0.717) is 5.92 Å². The number of aromatic nitrogens is 1. The number of pyridine rings is 1. The molecule has 1 amide bonds. The van der Waals surface area contributed by atoms with Gasteiger partial charge in [-0.05, 0) is 43.1 Å². The van der Waals surface area contributed by atoms with E-state index in [-0.39, 0.29) is 17.3 Å². The topological polar surface area (TPSA) is 59.2 Å². The number of rotatable bonds is 3. The van der Waals surface area contributed by atoms with Crippen LogP contribution in [0.1, 0.15) is 36.0 Å². The highest BCUT2D eigenvalue weighted by Gasteiger charge is 2.40. The molecular formula is C15H20FN3O. The van der Waals surface area contributed by atoms with Crippen molar-refractivity contribution in [2.75, 3.05) is 19.3 Å². The minimum absolute atomic E-state index is 0.0937. The third-order valence-corrected chi connectivity index (χ3v) is 4.86. The Morgan fingerprint density at radius 2 is 2.30 bits per heavy atom. The van der Waals surface area contributed by atoms with E-state index in [2.05, 4.69) is 4.98 Å². The van der Waals surface area contributed by atoms with Crippen molar-refractivity contribution >= 4 is 11.7 Å². The van der Waals surface area contributed by atoms with Crippen molar-refractivity contribution in [1.82, 2.24) is 9.88 Å². The summed E-state index contributed by atoms with van der Waals surface area (Å²) in [5, 5.41) is 0. The summed E-state index contributed by atoms with van der Waals surface area (Å²) in [6.45, 7) is 0.732. The Bertz CT molecular complexity index is 534. The maximum Gasteiger partial charge on any atom is 0.257 e. The molecule has 2 fully saturated rings. The lowest BCUT2D eigenvalue weighted by Crippen LogP contribution is -2.34. The van der Waals surface area contributed by atoms with Crippen LogP contribution in [0, 0.1) is 23.6 Å². The van der Waals surface area contributed by atoms with Crippen molar-refractivity contribution < 1.29 is 9.18 Å². The molecule has 0 aliphatic heterocycles. The lowest BCUT2D eigenvalue weighted by atomic mass is 9.88. The molecule has 3 unspecified atom stereocenters. The van der Waals surface area contributed by atoms with E-state index in [0.717, 1.165) is 24.6 Å². The number of nitrogen functional groups attached to an aromatic ring is 1. The molecule has 3 atom stereocenters. The zero-order valence-electron chi connectivity index (χ0n) is 11.7. The highest BCUT2D eigenvalue weighted by Crippen LogP contribution is 2.48. The molecule has 1 aromatic rings. The molecule has 20 heavy (non-hydrogen) atoms. The van der Waals surface area contributed by atoms with Gasteiger partial charge in [0.05, 0.1) is 11.8 Å². The number of nitrogens with zero attached hydrogens (tertiary/aromatic N) is 2. The molecule has 0 saturated heterocycles. The quantitative estimate of drug-likeness (QED) is 0.922. The maximum atomic E-state index is 13.2. The van der Waals surface area contributed by atoms with Crippen molar-refractivity contribution in [2.45, 2.75) is 25.7 Å². The van der Waals surface area contributed by atoms with Crippen molar-refractivity contribution in [3.63, 3.8) is 0 Å². The lowest BCUT2D eigenvalue weighted by Gasteiger charge is -2.27. The van der Waals surface area contributed by atoms with Gasteiger partial charge in [0.1, 0.15) is 11.6 Å². The fourth-order valence-electron chi connectivity index (χ4n) is 3.86. The van der Waals surface area contributed by atoms with Gasteiger partial charge in [0.25, 0.3) is 5.91 Å². The molecule has 2 aliphatic rings. The molecule has 2 saturated carbocycles. The standard InChI is InChI=1S/C15H20FN3O/c1-19(8-11-5-9-2-3-10(11)4-9)15(20)13-6-12(16)7-18-14(13)17/h6-7,9-11H,2-5,8H2,1H3,(H2,17,18). The third kappa shape index (κ3) is 2.37. The van der Waals surface area contributed by atoms with Crippen LogP contribution in [0.4, 0.5) is 10.2 Å². The average molecular weight is 277 g/mol. The SMILES string of the molecule is CN(CC1CC2CCC1C2)C(=O)c1cc(F)cnc1N. The summed E-state index contributed by atoms with van der Waals surface area (Å²) >= 11 is 0. The van der Waals surface area contributed by atoms with Gasteiger partial charge in [-0.15, -0.1) is 0 Å². The Hall–Kier alpha value is -1.65. The summed E-state index contributed by atoms with van der Waals surface area (Å²) in [6.07, 6.45) is 6.21. The summed E-state index contributed by atoms with van der Waals surface area (Å²) in [5.74, 6) is 1.53.